The minimum Gasteiger partial charge on any atom is -0.343 e. The number of halogens is 1. The number of rotatable bonds is 7. The minimum absolute atomic E-state index is 0.0159. The van der Waals surface area contributed by atoms with Crippen LogP contribution in [0.2, 0.25) is 0 Å². The third kappa shape index (κ3) is 5.81. The number of carbonyl (C=O) groups is 2. The summed E-state index contributed by atoms with van der Waals surface area (Å²) in [5.41, 5.74) is 0.464. The summed E-state index contributed by atoms with van der Waals surface area (Å²) in [6.45, 7) is 2.40. The van der Waals surface area contributed by atoms with E-state index in [4.69, 9.17) is 0 Å². The predicted octanol–water partition coefficient (Wildman–Crippen LogP) is 1.99. The van der Waals surface area contributed by atoms with E-state index in [1.165, 1.54) is 0 Å². The third-order valence-corrected chi connectivity index (χ3v) is 6.45. The number of hydrogen-bond donors (Lipinski definition) is 1. The predicted molar refractivity (Wildman–Crippen MR) is 100 cm³/mol. The Morgan fingerprint density at radius 3 is 2.72 bits per heavy atom. The van der Waals surface area contributed by atoms with Gasteiger partial charge in [0.25, 0.3) is 5.91 Å². The highest BCUT2D eigenvalue weighted by Gasteiger charge is 2.34. The molecule has 1 N–H and O–H groups in total. The van der Waals surface area contributed by atoms with Gasteiger partial charge >= 0.3 is 0 Å². The molecule has 6 nitrogen and oxygen atoms in total. The van der Waals surface area contributed by atoms with Gasteiger partial charge in [-0.3, -0.25) is 9.59 Å². The van der Waals surface area contributed by atoms with Crippen LogP contribution in [0.5, 0.6) is 0 Å². The van der Waals surface area contributed by atoms with Crippen LogP contribution in [0.25, 0.3) is 0 Å². The van der Waals surface area contributed by atoms with Gasteiger partial charge in [0.15, 0.2) is 9.84 Å². The van der Waals surface area contributed by atoms with Gasteiger partial charge in [-0.05, 0) is 31.0 Å². The van der Waals surface area contributed by atoms with E-state index in [-0.39, 0.29) is 35.9 Å². The zero-order valence-electron chi connectivity index (χ0n) is 14.2. The van der Waals surface area contributed by atoms with Gasteiger partial charge in [0.2, 0.25) is 5.91 Å². The molecule has 2 amide bonds. The Hall–Kier alpha value is -1.41. The molecule has 1 aromatic carbocycles. The average Bonchev–Trinajstić information content (AvgIpc) is 2.92. The summed E-state index contributed by atoms with van der Waals surface area (Å²) in [6.07, 6.45) is 2.19. The van der Waals surface area contributed by atoms with Gasteiger partial charge in [-0.1, -0.05) is 35.3 Å². The molecule has 1 heterocycles. The first-order valence-electron chi connectivity index (χ1n) is 8.36. The molecule has 25 heavy (non-hydrogen) atoms. The molecule has 138 valence electrons. The number of nitrogens with zero attached hydrogens (tertiary/aromatic N) is 1. The fraction of sp³-hybridized carbons (Fsp3) is 0.529. The van der Waals surface area contributed by atoms with Crippen LogP contribution in [0.3, 0.4) is 0 Å². The number of sulfone groups is 1. The number of nitrogens with one attached hydrogen (secondary N) is 1. The third-order valence-electron chi connectivity index (χ3n) is 4.21. The standard InChI is InChI=1S/C17H23BrN2O4S/c1-2-3-8-20(15-7-9-25(23,24)12-15)16(21)11-19-17(22)13-5-4-6-14(18)10-13/h4-6,10,15H,2-3,7-9,11-12H2,1H3,(H,19,22). The van der Waals surface area contributed by atoms with E-state index in [2.05, 4.69) is 21.2 Å². The molecule has 0 saturated carbocycles. The molecular weight excluding hydrogens is 408 g/mol. The topological polar surface area (TPSA) is 83.6 Å². The second kappa shape index (κ2) is 8.80. The molecule has 1 aliphatic heterocycles. The van der Waals surface area contributed by atoms with Gasteiger partial charge in [0.1, 0.15) is 0 Å². The van der Waals surface area contributed by atoms with Crippen LogP contribution in [0.15, 0.2) is 28.7 Å². The molecule has 1 aromatic rings. The van der Waals surface area contributed by atoms with E-state index in [0.717, 1.165) is 17.3 Å². The molecule has 0 aromatic heterocycles. The summed E-state index contributed by atoms with van der Waals surface area (Å²) in [5.74, 6) is -0.428. The largest absolute Gasteiger partial charge is 0.343 e. The number of carbonyl (C=O) groups excluding carboxylic acids is 2. The summed E-state index contributed by atoms with van der Waals surface area (Å²) in [4.78, 5) is 26.3. The summed E-state index contributed by atoms with van der Waals surface area (Å²) in [6, 6.07) is 6.63. The van der Waals surface area contributed by atoms with Crippen molar-refractivity contribution in [3.63, 3.8) is 0 Å². The molecule has 0 radical (unpaired) electrons. The highest BCUT2D eigenvalue weighted by atomic mass is 79.9. The van der Waals surface area contributed by atoms with Crippen molar-refractivity contribution in [3.05, 3.63) is 34.3 Å². The maximum atomic E-state index is 12.6. The Morgan fingerprint density at radius 2 is 2.12 bits per heavy atom. The van der Waals surface area contributed by atoms with Crippen molar-refractivity contribution < 1.29 is 18.0 Å². The van der Waals surface area contributed by atoms with Crippen molar-refractivity contribution in [2.24, 2.45) is 0 Å². The minimum atomic E-state index is -3.06. The van der Waals surface area contributed by atoms with Crippen molar-refractivity contribution in [3.8, 4) is 0 Å². The number of hydrogen-bond acceptors (Lipinski definition) is 4. The van der Waals surface area contributed by atoms with E-state index >= 15 is 0 Å². The van der Waals surface area contributed by atoms with Crippen LogP contribution >= 0.6 is 15.9 Å². The van der Waals surface area contributed by atoms with Crippen molar-refractivity contribution in [2.75, 3.05) is 24.6 Å². The van der Waals surface area contributed by atoms with Crippen LogP contribution in [0.1, 0.15) is 36.5 Å². The van der Waals surface area contributed by atoms with Crippen molar-refractivity contribution in [1.82, 2.24) is 10.2 Å². The Labute approximate surface area is 157 Å². The summed E-state index contributed by atoms with van der Waals surface area (Å²) >= 11 is 3.31. The Morgan fingerprint density at radius 1 is 1.36 bits per heavy atom. The fourth-order valence-electron chi connectivity index (χ4n) is 2.85. The van der Waals surface area contributed by atoms with Gasteiger partial charge < -0.3 is 10.2 Å². The second-order valence-corrected chi connectivity index (χ2v) is 9.33. The lowest BCUT2D eigenvalue weighted by Crippen LogP contribution is -2.46. The highest BCUT2D eigenvalue weighted by molar-refractivity contribution is 9.10. The van der Waals surface area contributed by atoms with Crippen LogP contribution in [0.4, 0.5) is 0 Å². The Kier molecular flexibility index (Phi) is 7.01. The quantitative estimate of drug-likeness (QED) is 0.716. The van der Waals surface area contributed by atoms with Crippen LogP contribution in [-0.2, 0) is 14.6 Å². The van der Waals surface area contributed by atoms with E-state index in [1.807, 2.05) is 13.0 Å². The lowest BCUT2D eigenvalue weighted by molar-refractivity contribution is -0.132. The molecule has 1 fully saturated rings. The molecule has 8 heteroatoms. The second-order valence-electron chi connectivity index (χ2n) is 6.19. The summed E-state index contributed by atoms with van der Waals surface area (Å²) in [5, 5.41) is 2.63. The van der Waals surface area contributed by atoms with Crippen molar-refractivity contribution in [1.29, 1.82) is 0 Å². The van der Waals surface area contributed by atoms with E-state index in [1.54, 1.807) is 23.1 Å². The first kappa shape index (κ1) is 19.9. The van der Waals surface area contributed by atoms with Crippen LogP contribution in [0, 0.1) is 0 Å². The van der Waals surface area contributed by atoms with Gasteiger partial charge in [0.05, 0.1) is 18.1 Å². The lowest BCUT2D eigenvalue weighted by atomic mass is 10.2. The normalized spacial score (nSPS) is 18.7. The van der Waals surface area contributed by atoms with Crippen LogP contribution < -0.4 is 5.32 Å². The van der Waals surface area contributed by atoms with Gasteiger partial charge in [-0.15, -0.1) is 0 Å². The van der Waals surface area contributed by atoms with E-state index in [9.17, 15) is 18.0 Å². The Bertz CT molecular complexity index is 736. The van der Waals surface area contributed by atoms with Crippen molar-refractivity contribution >= 4 is 37.6 Å². The van der Waals surface area contributed by atoms with Gasteiger partial charge in [-0.2, -0.15) is 0 Å². The first-order chi connectivity index (χ1) is 11.8. The van der Waals surface area contributed by atoms with E-state index < -0.39 is 9.84 Å². The van der Waals surface area contributed by atoms with Gasteiger partial charge in [0, 0.05) is 22.6 Å². The number of unbranched alkanes of at least 4 members (excludes halogenated alkanes) is 1. The molecule has 2 rings (SSSR count). The molecule has 1 atom stereocenters. The zero-order chi connectivity index (χ0) is 18.4. The van der Waals surface area contributed by atoms with Gasteiger partial charge in [-0.25, -0.2) is 8.42 Å². The monoisotopic (exact) mass is 430 g/mol. The molecule has 0 spiro atoms. The Balaban J connectivity index is 1.98. The lowest BCUT2D eigenvalue weighted by Gasteiger charge is -2.28. The zero-order valence-corrected chi connectivity index (χ0v) is 16.6. The maximum Gasteiger partial charge on any atom is 0.251 e. The average molecular weight is 431 g/mol. The number of benzene rings is 1. The molecule has 1 unspecified atom stereocenters. The summed E-state index contributed by atoms with van der Waals surface area (Å²) in [7, 11) is -3.06. The molecular formula is C17H23BrN2O4S. The SMILES string of the molecule is CCCCN(C(=O)CNC(=O)c1cccc(Br)c1)C1CCS(=O)(=O)C1. The molecule has 1 aliphatic rings. The van der Waals surface area contributed by atoms with Crippen molar-refractivity contribution in [2.45, 2.75) is 32.2 Å². The molecule has 1 saturated heterocycles. The van der Waals surface area contributed by atoms with Crippen LogP contribution in [-0.4, -0.2) is 55.8 Å². The maximum absolute atomic E-state index is 12.6. The highest BCUT2D eigenvalue weighted by Crippen LogP contribution is 2.18. The molecule has 0 aliphatic carbocycles. The smallest absolute Gasteiger partial charge is 0.251 e. The number of amides is 2. The fourth-order valence-corrected chi connectivity index (χ4v) is 4.98. The first-order valence-corrected chi connectivity index (χ1v) is 11.0. The summed E-state index contributed by atoms with van der Waals surface area (Å²) < 4.78 is 24.2. The van der Waals surface area contributed by atoms with E-state index in [0.29, 0.717) is 18.5 Å². The molecule has 0 bridgehead atoms.